The van der Waals surface area contributed by atoms with Gasteiger partial charge in [0.15, 0.2) is 9.84 Å². The van der Waals surface area contributed by atoms with Crippen LogP contribution in [0.4, 0.5) is 0 Å². The van der Waals surface area contributed by atoms with Crippen LogP contribution in [0.25, 0.3) is 0 Å². The van der Waals surface area contributed by atoms with Crippen molar-refractivity contribution in [3.8, 4) is 0 Å². The first-order valence-electron chi connectivity index (χ1n) is 7.08. The Morgan fingerprint density at radius 1 is 1.35 bits per heavy atom. The third-order valence-electron chi connectivity index (χ3n) is 3.32. The molecule has 0 aromatic heterocycles. The second-order valence-electron chi connectivity index (χ2n) is 5.16. The number of hydrogen-bond acceptors (Lipinski definition) is 3. The zero-order valence-electron chi connectivity index (χ0n) is 12.6. The largest absolute Gasteiger partial charge is 0.310 e. The molecule has 0 saturated carbocycles. The molecule has 0 aliphatic carbocycles. The van der Waals surface area contributed by atoms with Gasteiger partial charge < -0.3 is 5.32 Å². The summed E-state index contributed by atoms with van der Waals surface area (Å²) < 4.78 is 23.3. The topological polar surface area (TPSA) is 46.2 Å². The second-order valence-corrected chi connectivity index (χ2v) is 7.17. The molecule has 0 aliphatic rings. The zero-order valence-corrected chi connectivity index (χ0v) is 13.5. The van der Waals surface area contributed by atoms with Crippen LogP contribution in [0, 0.1) is 0 Å². The van der Waals surface area contributed by atoms with Crippen LogP contribution in [0.15, 0.2) is 41.3 Å². The lowest BCUT2D eigenvalue weighted by Crippen LogP contribution is -2.22. The molecule has 0 bridgehead atoms. The van der Waals surface area contributed by atoms with E-state index in [2.05, 4.69) is 25.7 Å². The minimum Gasteiger partial charge on any atom is -0.310 e. The molecule has 1 aromatic rings. The molecule has 0 amide bonds. The summed E-state index contributed by atoms with van der Waals surface area (Å²) in [5, 5.41) is 3.47. The van der Waals surface area contributed by atoms with Gasteiger partial charge in [-0.1, -0.05) is 38.1 Å². The van der Waals surface area contributed by atoms with Gasteiger partial charge in [-0.2, -0.15) is 0 Å². The van der Waals surface area contributed by atoms with Crippen molar-refractivity contribution in [3.63, 3.8) is 0 Å². The molecule has 0 heterocycles. The van der Waals surface area contributed by atoms with Crippen molar-refractivity contribution in [2.75, 3.05) is 12.8 Å². The van der Waals surface area contributed by atoms with E-state index in [-0.39, 0.29) is 6.04 Å². The van der Waals surface area contributed by atoms with Crippen molar-refractivity contribution in [2.45, 2.75) is 44.0 Å². The molecule has 0 saturated heterocycles. The molecular formula is C16H25NO2S. The molecule has 1 rings (SSSR count). The van der Waals surface area contributed by atoms with Crippen LogP contribution < -0.4 is 5.32 Å². The van der Waals surface area contributed by atoms with Gasteiger partial charge in [-0.05, 0) is 43.5 Å². The van der Waals surface area contributed by atoms with Gasteiger partial charge >= 0.3 is 0 Å². The minimum atomic E-state index is -3.16. The first kappa shape index (κ1) is 16.9. The summed E-state index contributed by atoms with van der Waals surface area (Å²) in [6.07, 6.45) is 4.06. The van der Waals surface area contributed by atoms with Crippen LogP contribution in [0.3, 0.4) is 0 Å². The lowest BCUT2D eigenvalue weighted by atomic mass is 9.98. The highest BCUT2D eigenvalue weighted by Gasteiger charge is 2.14. The van der Waals surface area contributed by atoms with Crippen molar-refractivity contribution < 1.29 is 8.42 Å². The van der Waals surface area contributed by atoms with E-state index in [9.17, 15) is 8.42 Å². The molecule has 1 N–H and O–H groups in total. The Morgan fingerprint density at radius 2 is 2.05 bits per heavy atom. The molecule has 4 heteroatoms. The summed E-state index contributed by atoms with van der Waals surface area (Å²) in [7, 11) is -3.16. The average molecular weight is 295 g/mol. The summed E-state index contributed by atoms with van der Waals surface area (Å²) >= 11 is 0. The van der Waals surface area contributed by atoms with E-state index >= 15 is 0 Å². The second kappa shape index (κ2) is 7.60. The first-order chi connectivity index (χ1) is 9.38. The molecule has 112 valence electrons. The van der Waals surface area contributed by atoms with Gasteiger partial charge in [-0.25, -0.2) is 8.42 Å². The van der Waals surface area contributed by atoms with Crippen LogP contribution in [0.2, 0.25) is 0 Å². The van der Waals surface area contributed by atoms with Crippen molar-refractivity contribution in [2.24, 2.45) is 0 Å². The third-order valence-corrected chi connectivity index (χ3v) is 4.43. The van der Waals surface area contributed by atoms with E-state index in [0.717, 1.165) is 31.4 Å². The number of sulfone groups is 1. The smallest absolute Gasteiger partial charge is 0.175 e. The number of rotatable bonds is 8. The molecule has 0 radical (unpaired) electrons. The minimum absolute atomic E-state index is 0.129. The van der Waals surface area contributed by atoms with E-state index in [1.807, 2.05) is 6.07 Å². The third kappa shape index (κ3) is 5.10. The number of hydrogen-bond donors (Lipinski definition) is 1. The van der Waals surface area contributed by atoms with Crippen molar-refractivity contribution in [1.82, 2.24) is 5.32 Å². The molecule has 1 atom stereocenters. The Hall–Kier alpha value is -1.13. The van der Waals surface area contributed by atoms with Gasteiger partial charge in [0, 0.05) is 12.3 Å². The molecule has 1 aromatic carbocycles. The quantitative estimate of drug-likeness (QED) is 0.747. The highest BCUT2D eigenvalue weighted by molar-refractivity contribution is 7.90. The predicted molar refractivity (Wildman–Crippen MR) is 84.6 cm³/mol. The Balaban J connectivity index is 3.03. The summed E-state index contributed by atoms with van der Waals surface area (Å²) in [6.45, 7) is 9.17. The lowest BCUT2D eigenvalue weighted by molar-refractivity contribution is 0.522. The van der Waals surface area contributed by atoms with Gasteiger partial charge in [0.25, 0.3) is 0 Å². The van der Waals surface area contributed by atoms with Crippen LogP contribution in [0.1, 0.15) is 44.7 Å². The molecule has 0 aliphatic heterocycles. The normalized spacial score (nSPS) is 13.2. The van der Waals surface area contributed by atoms with Gasteiger partial charge in [0.05, 0.1) is 4.90 Å². The number of benzene rings is 1. The molecule has 0 fully saturated rings. The van der Waals surface area contributed by atoms with E-state index in [4.69, 9.17) is 0 Å². The fourth-order valence-electron chi connectivity index (χ4n) is 2.02. The fourth-order valence-corrected chi connectivity index (χ4v) is 2.70. The molecule has 0 spiro atoms. The van der Waals surface area contributed by atoms with Crippen LogP contribution in [0.5, 0.6) is 0 Å². The maximum absolute atomic E-state index is 11.7. The zero-order chi connectivity index (χ0) is 15.2. The summed E-state index contributed by atoms with van der Waals surface area (Å²) in [5.74, 6) is 0. The van der Waals surface area contributed by atoms with E-state index in [0.29, 0.717) is 4.90 Å². The van der Waals surface area contributed by atoms with Crippen LogP contribution >= 0.6 is 0 Å². The molecule has 1 unspecified atom stereocenters. The predicted octanol–water partition coefficient (Wildman–Crippen LogP) is 3.49. The summed E-state index contributed by atoms with van der Waals surface area (Å²) in [6, 6.07) is 7.33. The Bertz CT molecular complexity index is 549. The highest BCUT2D eigenvalue weighted by Crippen LogP contribution is 2.24. The Labute approximate surface area is 123 Å². The van der Waals surface area contributed by atoms with Crippen LogP contribution in [-0.4, -0.2) is 21.2 Å². The lowest BCUT2D eigenvalue weighted by Gasteiger charge is -2.20. The molecule has 3 nitrogen and oxygen atoms in total. The maximum Gasteiger partial charge on any atom is 0.175 e. The van der Waals surface area contributed by atoms with Gasteiger partial charge in [-0.3, -0.25) is 0 Å². The van der Waals surface area contributed by atoms with Gasteiger partial charge in [0.1, 0.15) is 0 Å². The van der Waals surface area contributed by atoms with E-state index in [1.165, 1.54) is 11.8 Å². The van der Waals surface area contributed by atoms with E-state index < -0.39 is 9.84 Å². The average Bonchev–Trinajstić information content (AvgIpc) is 2.42. The summed E-state index contributed by atoms with van der Waals surface area (Å²) in [4.78, 5) is 0.375. The monoisotopic (exact) mass is 295 g/mol. The highest BCUT2D eigenvalue weighted by atomic mass is 32.2. The number of nitrogens with one attached hydrogen (secondary N) is 1. The maximum atomic E-state index is 11.7. The van der Waals surface area contributed by atoms with Gasteiger partial charge in [-0.15, -0.1) is 0 Å². The first-order valence-corrected chi connectivity index (χ1v) is 8.97. The van der Waals surface area contributed by atoms with Crippen molar-refractivity contribution in [1.29, 1.82) is 0 Å². The van der Waals surface area contributed by atoms with Gasteiger partial charge in [0.2, 0.25) is 0 Å². The fraction of sp³-hybridized carbons (Fsp3) is 0.500. The van der Waals surface area contributed by atoms with Crippen molar-refractivity contribution in [3.05, 3.63) is 42.0 Å². The van der Waals surface area contributed by atoms with E-state index in [1.54, 1.807) is 18.2 Å². The Kier molecular flexibility index (Phi) is 6.43. The molecule has 20 heavy (non-hydrogen) atoms. The van der Waals surface area contributed by atoms with Crippen molar-refractivity contribution >= 4 is 9.84 Å². The van der Waals surface area contributed by atoms with Crippen LogP contribution in [-0.2, 0) is 9.84 Å². The summed E-state index contributed by atoms with van der Waals surface area (Å²) in [5.41, 5.74) is 2.18. The molecular weight excluding hydrogens is 270 g/mol. The Morgan fingerprint density at radius 3 is 2.60 bits per heavy atom. The SMILES string of the molecule is C=C(CC)CC(NCCC)c1cccc(S(C)(=O)=O)c1. The standard InChI is InChI=1S/C16H25NO2S/c1-5-10-17-16(11-13(3)6-2)14-8-7-9-15(12-14)20(4,18)19/h7-9,12,16-17H,3,5-6,10-11H2,1-2,4H3.